The Bertz CT molecular complexity index is 1220. The van der Waals surface area contributed by atoms with Crippen molar-refractivity contribution in [2.45, 2.75) is 6.54 Å². The molecule has 0 aliphatic rings. The predicted octanol–water partition coefficient (Wildman–Crippen LogP) is 4.01. The van der Waals surface area contributed by atoms with Gasteiger partial charge in [-0.05, 0) is 65.1 Å². The fourth-order valence-corrected chi connectivity index (χ4v) is 3.73. The highest BCUT2D eigenvalue weighted by atomic mass is 16.1. The van der Waals surface area contributed by atoms with Crippen LogP contribution in [0.25, 0.3) is 32.7 Å². The van der Waals surface area contributed by atoms with Gasteiger partial charge in [0.25, 0.3) is 5.56 Å². The van der Waals surface area contributed by atoms with Gasteiger partial charge in [0.05, 0.1) is 5.39 Å². The Morgan fingerprint density at radius 2 is 1.69 bits per heavy atom. The summed E-state index contributed by atoms with van der Waals surface area (Å²) in [6.07, 6.45) is 1.83. The van der Waals surface area contributed by atoms with Crippen LogP contribution in [-0.4, -0.2) is 36.7 Å². The average molecular weight is 386 g/mol. The molecule has 0 saturated heterocycles. The van der Waals surface area contributed by atoms with E-state index in [1.54, 1.807) is 11.6 Å². The SMILES string of the molecule is CN(C)CCNCc1cccc(-c2ccc3ccc4ccn(C)c(=O)c4c3c2)c1. The first-order valence-electron chi connectivity index (χ1n) is 10.00. The Morgan fingerprint density at radius 3 is 2.52 bits per heavy atom. The highest BCUT2D eigenvalue weighted by molar-refractivity contribution is 6.08. The summed E-state index contributed by atoms with van der Waals surface area (Å²) < 4.78 is 1.65. The van der Waals surface area contributed by atoms with E-state index in [0.29, 0.717) is 0 Å². The monoisotopic (exact) mass is 385 g/mol. The Hall–Kier alpha value is -2.95. The second-order valence-electron chi connectivity index (χ2n) is 7.88. The van der Waals surface area contributed by atoms with Crippen LogP contribution in [0.15, 0.2) is 71.7 Å². The van der Waals surface area contributed by atoms with Crippen molar-refractivity contribution in [1.82, 2.24) is 14.8 Å². The normalized spacial score (nSPS) is 11.6. The van der Waals surface area contributed by atoms with E-state index in [1.807, 2.05) is 18.3 Å². The van der Waals surface area contributed by atoms with Crippen LogP contribution >= 0.6 is 0 Å². The minimum Gasteiger partial charge on any atom is -0.318 e. The van der Waals surface area contributed by atoms with Crippen molar-refractivity contribution in [3.8, 4) is 11.1 Å². The summed E-state index contributed by atoms with van der Waals surface area (Å²) in [7, 11) is 5.97. The van der Waals surface area contributed by atoms with Gasteiger partial charge >= 0.3 is 0 Å². The molecule has 0 aliphatic carbocycles. The molecule has 0 radical (unpaired) electrons. The number of hydrogen-bond acceptors (Lipinski definition) is 3. The lowest BCUT2D eigenvalue weighted by molar-refractivity contribution is 0.400. The average Bonchev–Trinajstić information content (AvgIpc) is 2.73. The molecule has 0 spiro atoms. The maximum Gasteiger partial charge on any atom is 0.258 e. The van der Waals surface area contributed by atoms with Gasteiger partial charge in [0.15, 0.2) is 0 Å². The lowest BCUT2D eigenvalue weighted by Gasteiger charge is -2.12. The van der Waals surface area contributed by atoms with Crippen LogP contribution in [-0.2, 0) is 13.6 Å². The smallest absolute Gasteiger partial charge is 0.258 e. The molecule has 4 nitrogen and oxygen atoms in total. The first-order chi connectivity index (χ1) is 14.0. The lowest BCUT2D eigenvalue weighted by Crippen LogP contribution is -2.26. The molecule has 4 heteroatoms. The largest absolute Gasteiger partial charge is 0.318 e. The van der Waals surface area contributed by atoms with Crippen molar-refractivity contribution >= 4 is 21.5 Å². The van der Waals surface area contributed by atoms with Crippen LogP contribution in [0.5, 0.6) is 0 Å². The highest BCUT2D eigenvalue weighted by Crippen LogP contribution is 2.29. The number of nitrogens with zero attached hydrogens (tertiary/aromatic N) is 2. The summed E-state index contributed by atoms with van der Waals surface area (Å²) in [5.74, 6) is 0. The van der Waals surface area contributed by atoms with Gasteiger partial charge in [-0.1, -0.05) is 42.5 Å². The van der Waals surface area contributed by atoms with Crippen molar-refractivity contribution in [2.75, 3.05) is 27.2 Å². The number of hydrogen-bond donors (Lipinski definition) is 1. The molecular weight excluding hydrogens is 358 g/mol. The molecule has 0 amide bonds. The second kappa shape index (κ2) is 8.19. The fourth-order valence-electron chi connectivity index (χ4n) is 3.73. The number of fused-ring (bicyclic) bond motifs is 3. The Labute approximate surface area is 171 Å². The standard InChI is InChI=1S/C25H27N3O/c1-27(2)14-12-26-17-18-5-4-6-21(15-18)22-10-8-19-7-9-20-11-13-28(3)25(29)24(20)23(19)16-22/h4-11,13,15-16,26H,12,14,17H2,1-3H3. The van der Waals surface area contributed by atoms with Crippen LogP contribution in [0.1, 0.15) is 5.56 Å². The Balaban J connectivity index is 1.71. The van der Waals surface area contributed by atoms with E-state index >= 15 is 0 Å². The molecule has 1 aromatic heterocycles. The minimum atomic E-state index is 0.0455. The third kappa shape index (κ3) is 4.09. The van der Waals surface area contributed by atoms with Crippen LogP contribution in [0, 0.1) is 0 Å². The van der Waals surface area contributed by atoms with Gasteiger partial charge in [-0.2, -0.15) is 0 Å². The summed E-state index contributed by atoms with van der Waals surface area (Å²) in [5, 5.41) is 7.36. The van der Waals surface area contributed by atoms with E-state index in [2.05, 4.69) is 72.8 Å². The molecule has 29 heavy (non-hydrogen) atoms. The van der Waals surface area contributed by atoms with Gasteiger partial charge in [-0.15, -0.1) is 0 Å². The van der Waals surface area contributed by atoms with Crippen molar-refractivity contribution in [1.29, 1.82) is 0 Å². The molecule has 0 aliphatic heterocycles. The van der Waals surface area contributed by atoms with E-state index in [-0.39, 0.29) is 5.56 Å². The van der Waals surface area contributed by atoms with Crippen molar-refractivity contribution in [3.05, 3.63) is 82.8 Å². The van der Waals surface area contributed by atoms with Crippen molar-refractivity contribution in [3.63, 3.8) is 0 Å². The van der Waals surface area contributed by atoms with Crippen molar-refractivity contribution < 1.29 is 0 Å². The lowest BCUT2D eigenvalue weighted by atomic mass is 9.97. The zero-order valence-corrected chi connectivity index (χ0v) is 17.3. The molecule has 0 saturated carbocycles. The van der Waals surface area contributed by atoms with E-state index in [1.165, 1.54) is 11.1 Å². The Morgan fingerprint density at radius 1 is 0.931 bits per heavy atom. The van der Waals surface area contributed by atoms with Gasteiger partial charge in [0.2, 0.25) is 0 Å². The molecule has 0 fully saturated rings. The first kappa shape index (κ1) is 19.4. The van der Waals surface area contributed by atoms with Crippen LogP contribution in [0.3, 0.4) is 0 Å². The first-order valence-corrected chi connectivity index (χ1v) is 10.00. The number of benzene rings is 3. The number of likely N-dealkylation sites (N-methyl/N-ethyl adjacent to an activating group) is 1. The summed E-state index contributed by atoms with van der Waals surface area (Å²) in [6, 6.07) is 21.1. The number of aromatic nitrogens is 1. The topological polar surface area (TPSA) is 37.3 Å². The molecule has 1 N–H and O–H groups in total. The highest BCUT2D eigenvalue weighted by Gasteiger charge is 2.08. The van der Waals surface area contributed by atoms with Gasteiger partial charge < -0.3 is 14.8 Å². The van der Waals surface area contributed by atoms with Crippen LogP contribution in [0.4, 0.5) is 0 Å². The fraction of sp³-hybridized carbons (Fsp3) is 0.240. The quantitative estimate of drug-likeness (QED) is 0.402. The summed E-state index contributed by atoms with van der Waals surface area (Å²) in [4.78, 5) is 15.0. The van der Waals surface area contributed by atoms with Crippen molar-refractivity contribution in [2.24, 2.45) is 7.05 Å². The zero-order chi connectivity index (χ0) is 20.4. The molecule has 4 rings (SSSR count). The van der Waals surface area contributed by atoms with E-state index in [9.17, 15) is 4.79 Å². The number of nitrogens with one attached hydrogen (secondary N) is 1. The number of pyridine rings is 1. The number of rotatable bonds is 6. The van der Waals surface area contributed by atoms with E-state index < -0.39 is 0 Å². The van der Waals surface area contributed by atoms with E-state index in [0.717, 1.165) is 46.7 Å². The minimum absolute atomic E-state index is 0.0455. The predicted molar refractivity (Wildman–Crippen MR) is 122 cm³/mol. The molecule has 3 aromatic carbocycles. The van der Waals surface area contributed by atoms with Gasteiger partial charge in [0.1, 0.15) is 0 Å². The summed E-state index contributed by atoms with van der Waals surface area (Å²) in [5.41, 5.74) is 3.61. The van der Waals surface area contributed by atoms with Gasteiger partial charge in [-0.3, -0.25) is 4.79 Å². The molecule has 0 bridgehead atoms. The Kier molecular flexibility index (Phi) is 5.47. The third-order valence-electron chi connectivity index (χ3n) is 5.39. The molecule has 1 heterocycles. The number of aryl methyl sites for hydroxylation is 1. The third-order valence-corrected chi connectivity index (χ3v) is 5.39. The summed E-state index contributed by atoms with van der Waals surface area (Å²) >= 11 is 0. The summed E-state index contributed by atoms with van der Waals surface area (Å²) in [6.45, 7) is 2.83. The zero-order valence-electron chi connectivity index (χ0n) is 17.3. The maximum atomic E-state index is 12.8. The molecule has 4 aromatic rings. The van der Waals surface area contributed by atoms with Gasteiger partial charge in [0, 0.05) is 32.9 Å². The maximum absolute atomic E-state index is 12.8. The second-order valence-corrected chi connectivity index (χ2v) is 7.88. The molecule has 0 unspecified atom stereocenters. The molecule has 148 valence electrons. The van der Waals surface area contributed by atoms with Crippen LogP contribution in [0.2, 0.25) is 0 Å². The van der Waals surface area contributed by atoms with Gasteiger partial charge in [-0.25, -0.2) is 0 Å². The van der Waals surface area contributed by atoms with Crippen LogP contribution < -0.4 is 10.9 Å². The van der Waals surface area contributed by atoms with E-state index in [4.69, 9.17) is 0 Å². The molecule has 0 atom stereocenters. The molecular formula is C25H27N3O.